The van der Waals surface area contributed by atoms with Crippen LogP contribution in [0.15, 0.2) is 29.2 Å². The van der Waals surface area contributed by atoms with Crippen LogP contribution in [0.3, 0.4) is 0 Å². The molecule has 1 aliphatic rings. The molecular weight excluding hydrogens is 370 g/mol. The standard InChI is InChI=1S/C18H27N3O5S/c1-13(2)20-17(22)11-19-18(23)14-5-4-10-21(12-14)27(24,25)16-8-6-15(26-3)7-9-16/h6-9,13-14H,4-5,10-12H2,1-3H3,(H,19,23)(H,20,22)/t14-/m1/s1. The van der Waals surface area contributed by atoms with Gasteiger partial charge in [0.1, 0.15) is 5.75 Å². The smallest absolute Gasteiger partial charge is 0.243 e. The molecule has 0 saturated carbocycles. The maximum absolute atomic E-state index is 12.8. The minimum atomic E-state index is -3.68. The number of rotatable bonds is 7. The summed E-state index contributed by atoms with van der Waals surface area (Å²) >= 11 is 0. The molecule has 27 heavy (non-hydrogen) atoms. The second-order valence-corrected chi connectivity index (χ2v) is 8.76. The zero-order valence-electron chi connectivity index (χ0n) is 15.9. The molecule has 1 atom stereocenters. The molecule has 1 aliphatic heterocycles. The Balaban J connectivity index is 1.99. The van der Waals surface area contributed by atoms with E-state index < -0.39 is 15.9 Å². The lowest BCUT2D eigenvalue weighted by molar-refractivity contribution is -0.129. The van der Waals surface area contributed by atoms with Gasteiger partial charge in [0.05, 0.1) is 24.5 Å². The highest BCUT2D eigenvalue weighted by atomic mass is 32.2. The maximum atomic E-state index is 12.8. The van der Waals surface area contributed by atoms with Gasteiger partial charge in [-0.05, 0) is 51.0 Å². The molecule has 1 aromatic rings. The van der Waals surface area contributed by atoms with Gasteiger partial charge >= 0.3 is 0 Å². The summed E-state index contributed by atoms with van der Waals surface area (Å²) in [7, 11) is -2.17. The Labute approximate surface area is 160 Å². The number of amides is 2. The first-order valence-corrected chi connectivity index (χ1v) is 10.4. The van der Waals surface area contributed by atoms with Crippen LogP contribution in [0.25, 0.3) is 0 Å². The molecule has 0 radical (unpaired) electrons. The van der Waals surface area contributed by atoms with Crippen LogP contribution in [0.2, 0.25) is 0 Å². The number of nitrogens with one attached hydrogen (secondary N) is 2. The van der Waals surface area contributed by atoms with Crippen molar-refractivity contribution in [1.29, 1.82) is 0 Å². The summed E-state index contributed by atoms with van der Waals surface area (Å²) in [4.78, 5) is 24.2. The fourth-order valence-electron chi connectivity index (χ4n) is 2.96. The lowest BCUT2D eigenvalue weighted by atomic mass is 9.99. The van der Waals surface area contributed by atoms with Gasteiger partial charge in [0, 0.05) is 19.1 Å². The molecule has 8 nitrogen and oxygen atoms in total. The third kappa shape index (κ3) is 5.67. The number of ether oxygens (including phenoxy) is 1. The van der Waals surface area contributed by atoms with Crippen LogP contribution >= 0.6 is 0 Å². The van der Waals surface area contributed by atoms with Crippen molar-refractivity contribution in [3.63, 3.8) is 0 Å². The van der Waals surface area contributed by atoms with E-state index in [0.717, 1.165) is 0 Å². The summed E-state index contributed by atoms with van der Waals surface area (Å²) < 4.78 is 32.0. The molecule has 9 heteroatoms. The zero-order chi connectivity index (χ0) is 20.0. The van der Waals surface area contributed by atoms with Gasteiger partial charge in [0.25, 0.3) is 0 Å². The SMILES string of the molecule is COc1ccc(S(=O)(=O)N2CCC[C@@H](C(=O)NCC(=O)NC(C)C)C2)cc1. The minimum Gasteiger partial charge on any atom is -0.497 e. The van der Waals surface area contributed by atoms with E-state index in [2.05, 4.69) is 10.6 Å². The van der Waals surface area contributed by atoms with E-state index in [1.165, 1.54) is 23.5 Å². The van der Waals surface area contributed by atoms with E-state index in [1.807, 2.05) is 13.8 Å². The van der Waals surface area contributed by atoms with E-state index in [4.69, 9.17) is 4.74 Å². The minimum absolute atomic E-state index is 0.00536. The third-order valence-electron chi connectivity index (χ3n) is 4.32. The molecule has 0 aliphatic carbocycles. The molecule has 1 aromatic carbocycles. The van der Waals surface area contributed by atoms with E-state index in [0.29, 0.717) is 25.1 Å². The molecule has 1 heterocycles. The second-order valence-electron chi connectivity index (χ2n) is 6.82. The van der Waals surface area contributed by atoms with Crippen LogP contribution in [-0.2, 0) is 19.6 Å². The van der Waals surface area contributed by atoms with Crippen molar-refractivity contribution < 1.29 is 22.7 Å². The number of carbonyl (C=O) groups excluding carboxylic acids is 2. The van der Waals surface area contributed by atoms with Gasteiger partial charge in [-0.1, -0.05) is 0 Å². The number of hydrogen-bond donors (Lipinski definition) is 2. The Bertz CT molecular complexity index is 762. The van der Waals surface area contributed by atoms with Gasteiger partial charge in [0.15, 0.2) is 0 Å². The second kappa shape index (κ2) is 9.18. The van der Waals surface area contributed by atoms with Gasteiger partial charge in [-0.2, -0.15) is 4.31 Å². The Morgan fingerprint density at radius 3 is 2.52 bits per heavy atom. The van der Waals surface area contributed by atoms with Crippen molar-refractivity contribution in [3.8, 4) is 5.75 Å². The Morgan fingerprint density at radius 1 is 1.26 bits per heavy atom. The highest BCUT2D eigenvalue weighted by Gasteiger charge is 2.33. The Morgan fingerprint density at radius 2 is 1.93 bits per heavy atom. The van der Waals surface area contributed by atoms with Gasteiger partial charge in [-0.25, -0.2) is 8.42 Å². The van der Waals surface area contributed by atoms with Crippen molar-refractivity contribution in [1.82, 2.24) is 14.9 Å². The normalized spacial score (nSPS) is 18.1. The molecule has 2 rings (SSSR count). The number of piperidine rings is 1. The average Bonchev–Trinajstić information content (AvgIpc) is 2.65. The molecule has 2 N–H and O–H groups in total. The molecule has 0 unspecified atom stereocenters. The highest BCUT2D eigenvalue weighted by Crippen LogP contribution is 2.25. The lowest BCUT2D eigenvalue weighted by Gasteiger charge is -2.31. The largest absolute Gasteiger partial charge is 0.497 e. The van der Waals surface area contributed by atoms with E-state index in [1.54, 1.807) is 12.1 Å². The average molecular weight is 397 g/mol. The number of sulfonamides is 1. The molecule has 150 valence electrons. The molecule has 2 amide bonds. The van der Waals surface area contributed by atoms with Gasteiger partial charge in [-0.3, -0.25) is 9.59 Å². The monoisotopic (exact) mass is 397 g/mol. The van der Waals surface area contributed by atoms with Crippen LogP contribution in [0.1, 0.15) is 26.7 Å². The van der Waals surface area contributed by atoms with Crippen LogP contribution in [-0.4, -0.2) is 57.3 Å². The summed E-state index contributed by atoms with van der Waals surface area (Å²) in [6.07, 6.45) is 1.18. The van der Waals surface area contributed by atoms with Gasteiger partial charge < -0.3 is 15.4 Å². The first kappa shape index (κ1) is 21.2. The van der Waals surface area contributed by atoms with Crippen LogP contribution in [0.4, 0.5) is 0 Å². The lowest BCUT2D eigenvalue weighted by Crippen LogP contribution is -2.47. The Hall–Kier alpha value is -2.13. The number of hydrogen-bond acceptors (Lipinski definition) is 5. The van der Waals surface area contributed by atoms with Gasteiger partial charge in [-0.15, -0.1) is 0 Å². The topological polar surface area (TPSA) is 105 Å². The van der Waals surface area contributed by atoms with Crippen molar-refractivity contribution in [2.75, 3.05) is 26.7 Å². The summed E-state index contributed by atoms with van der Waals surface area (Å²) in [5.41, 5.74) is 0. The van der Waals surface area contributed by atoms with E-state index in [9.17, 15) is 18.0 Å². The third-order valence-corrected chi connectivity index (χ3v) is 6.20. The summed E-state index contributed by atoms with van der Waals surface area (Å²) in [5.74, 6) is -0.469. The van der Waals surface area contributed by atoms with E-state index in [-0.39, 0.29) is 35.8 Å². The summed E-state index contributed by atoms with van der Waals surface area (Å²) in [6, 6.07) is 6.17. The molecular formula is C18H27N3O5S. The van der Waals surface area contributed by atoms with Crippen molar-refractivity contribution in [2.45, 2.75) is 37.6 Å². The molecule has 1 fully saturated rings. The van der Waals surface area contributed by atoms with Crippen LogP contribution < -0.4 is 15.4 Å². The van der Waals surface area contributed by atoms with Crippen LogP contribution in [0, 0.1) is 5.92 Å². The van der Waals surface area contributed by atoms with Crippen molar-refractivity contribution in [2.24, 2.45) is 5.92 Å². The number of methoxy groups -OCH3 is 1. The molecule has 0 bridgehead atoms. The van der Waals surface area contributed by atoms with Crippen molar-refractivity contribution in [3.05, 3.63) is 24.3 Å². The summed E-state index contributed by atoms with van der Waals surface area (Å²) in [6.45, 7) is 4.03. The molecule has 0 spiro atoms. The first-order valence-electron chi connectivity index (χ1n) is 8.95. The van der Waals surface area contributed by atoms with Crippen LogP contribution in [0.5, 0.6) is 5.75 Å². The maximum Gasteiger partial charge on any atom is 0.243 e. The van der Waals surface area contributed by atoms with Crippen molar-refractivity contribution >= 4 is 21.8 Å². The highest BCUT2D eigenvalue weighted by molar-refractivity contribution is 7.89. The quantitative estimate of drug-likeness (QED) is 0.706. The Kier molecular flexibility index (Phi) is 7.20. The van der Waals surface area contributed by atoms with Gasteiger partial charge in [0.2, 0.25) is 21.8 Å². The number of carbonyl (C=O) groups is 2. The number of nitrogens with zero attached hydrogens (tertiary/aromatic N) is 1. The molecule has 0 aromatic heterocycles. The molecule has 1 saturated heterocycles. The fourth-order valence-corrected chi connectivity index (χ4v) is 4.48. The summed E-state index contributed by atoms with van der Waals surface area (Å²) in [5, 5.41) is 5.29. The number of benzene rings is 1. The van der Waals surface area contributed by atoms with E-state index >= 15 is 0 Å². The first-order chi connectivity index (χ1) is 12.7. The zero-order valence-corrected chi connectivity index (χ0v) is 16.7. The predicted octanol–water partition coefficient (Wildman–Crippen LogP) is 0.737. The fraction of sp³-hybridized carbons (Fsp3) is 0.556. The predicted molar refractivity (Wildman–Crippen MR) is 101 cm³/mol.